The fourth-order valence-corrected chi connectivity index (χ4v) is 15.0. The van der Waals surface area contributed by atoms with Gasteiger partial charge in [-0.15, -0.1) is 22.7 Å². The maximum atomic E-state index is 15.1. The lowest BCUT2D eigenvalue weighted by atomic mass is 9.71. The fourth-order valence-electron chi connectivity index (χ4n) is 13.5. The summed E-state index contributed by atoms with van der Waals surface area (Å²) < 4.78 is 84.0. The van der Waals surface area contributed by atoms with Crippen molar-refractivity contribution >= 4 is 85.4 Å². The Morgan fingerprint density at radius 2 is 1.01 bits per heavy atom. The second-order valence-electron chi connectivity index (χ2n) is 25.2. The van der Waals surface area contributed by atoms with Crippen molar-refractivity contribution in [3.8, 4) is 0 Å². The van der Waals surface area contributed by atoms with Crippen molar-refractivity contribution in [3.05, 3.63) is 233 Å². The number of thiazole rings is 2. The monoisotopic (exact) mass is 1430 g/mol. The molecule has 0 unspecified atom stereocenters. The number of hydrogen-bond donors (Lipinski definition) is 1. The minimum absolute atomic E-state index is 0.00893. The Hall–Kier alpha value is -8.62. The van der Waals surface area contributed by atoms with Gasteiger partial charge < -0.3 is 29.8 Å². The summed E-state index contributed by atoms with van der Waals surface area (Å²) in [5.41, 5.74) is 4.56. The van der Waals surface area contributed by atoms with Gasteiger partial charge in [-0.05, 0) is 109 Å². The van der Waals surface area contributed by atoms with E-state index in [9.17, 15) is 50.3 Å². The van der Waals surface area contributed by atoms with Crippen LogP contribution in [0.15, 0.2) is 157 Å². The van der Waals surface area contributed by atoms with Crippen LogP contribution in [0.5, 0.6) is 0 Å². The number of carbonyl (C=O) groups excluding carboxylic acids is 6. The molecule has 6 aliphatic rings. The van der Waals surface area contributed by atoms with Crippen LogP contribution in [0.2, 0.25) is 0 Å². The summed E-state index contributed by atoms with van der Waals surface area (Å²) >= 11 is 6.06. The average Bonchev–Trinajstić information content (AvgIpc) is 1.57. The average molecular weight is 1430 g/mol. The van der Waals surface area contributed by atoms with Gasteiger partial charge in [-0.25, -0.2) is 9.97 Å². The number of carbonyl (C=O) groups is 6. The maximum absolute atomic E-state index is 15.1. The molecule has 4 saturated heterocycles. The largest absolute Gasteiger partial charge is 0.416 e. The first-order valence-corrected chi connectivity index (χ1v) is 34.7. The lowest BCUT2D eigenvalue weighted by molar-refractivity contribution is -0.138. The van der Waals surface area contributed by atoms with Gasteiger partial charge >= 0.3 is 12.4 Å². The maximum Gasteiger partial charge on any atom is 0.416 e. The molecule has 0 bridgehead atoms. The highest BCUT2D eigenvalue weighted by Crippen LogP contribution is 2.48. The zero-order valence-electron chi connectivity index (χ0n) is 53.1. The molecule has 0 radical (unpaired) electrons. The van der Waals surface area contributed by atoms with E-state index in [1.807, 2.05) is 58.5 Å². The molecule has 25 heteroatoms. The molecule has 6 aliphatic heterocycles. The molecule has 0 saturated carbocycles. The number of nitrogens with one attached hydrogen (secondary N) is 1. The summed E-state index contributed by atoms with van der Waals surface area (Å²) in [5.74, 6) is -0.908. The number of aryl methyl sites for hydroxylation is 2. The van der Waals surface area contributed by atoms with Crippen LogP contribution in [0.3, 0.4) is 0 Å². The van der Waals surface area contributed by atoms with E-state index >= 15 is 4.79 Å². The Bertz CT molecular complexity index is 4160. The minimum atomic E-state index is -4.68. The number of hydrogen-bond acceptors (Lipinski definition) is 12. The van der Waals surface area contributed by atoms with Crippen LogP contribution in [0.1, 0.15) is 96.0 Å². The van der Waals surface area contributed by atoms with E-state index in [4.69, 9.17) is 0 Å². The molecular formula is C72H69BrF6N10O6S2. The summed E-state index contributed by atoms with van der Waals surface area (Å²) in [6.07, 6.45) is -6.32. The minimum Gasteiger partial charge on any atom is -0.335 e. The Morgan fingerprint density at radius 1 is 0.546 bits per heavy atom. The number of amides is 6. The second kappa shape index (κ2) is 28.8. The van der Waals surface area contributed by atoms with Crippen LogP contribution in [-0.2, 0) is 58.5 Å². The van der Waals surface area contributed by atoms with Crippen LogP contribution in [-0.4, -0.2) is 165 Å². The SMILES string of the molecule is Cc1cccc(CBr)c1.Cc1cccc(CN2C(=O)C(Cc3cccc(C(F)(F)F)c3)(Cc3cccc(C(F)(F)F)c3)c3cc(C(=O)N4CC(N5CCN(C(=O)c6nccs6)CC5)C4)ccc32)c1.O=C1Cc2cc(C(=O)N3CC(N4CCN(C(=O)c5nccs5)CC4)C3)ccc2N1. The van der Waals surface area contributed by atoms with Crippen molar-refractivity contribution < 1.29 is 55.1 Å². The zero-order chi connectivity index (χ0) is 68.3. The van der Waals surface area contributed by atoms with Gasteiger partial charge in [-0.3, -0.25) is 38.6 Å². The molecule has 6 amide bonds. The molecule has 2 aromatic heterocycles. The third kappa shape index (κ3) is 15.4. The third-order valence-electron chi connectivity index (χ3n) is 18.6. The van der Waals surface area contributed by atoms with Crippen LogP contribution in [0.25, 0.3) is 0 Å². The van der Waals surface area contributed by atoms with Gasteiger partial charge in [0.15, 0.2) is 10.0 Å². The number of alkyl halides is 7. The van der Waals surface area contributed by atoms with E-state index in [1.54, 1.807) is 51.8 Å². The van der Waals surface area contributed by atoms with E-state index in [2.05, 4.69) is 72.2 Å². The highest BCUT2D eigenvalue weighted by Gasteiger charge is 2.52. The zero-order valence-corrected chi connectivity index (χ0v) is 56.3. The third-order valence-corrected chi connectivity index (χ3v) is 20.8. The molecular weight excluding hydrogens is 1360 g/mol. The summed E-state index contributed by atoms with van der Waals surface area (Å²) in [5, 5.41) is 8.31. The van der Waals surface area contributed by atoms with E-state index < -0.39 is 34.8 Å². The summed E-state index contributed by atoms with van der Waals surface area (Å²) in [6.45, 7) is 11.7. The lowest BCUT2D eigenvalue weighted by Gasteiger charge is -2.48. The van der Waals surface area contributed by atoms with Crippen LogP contribution < -0.4 is 10.2 Å². The predicted octanol–water partition coefficient (Wildman–Crippen LogP) is 11.9. The Balaban J connectivity index is 0.000000193. The Kier molecular flexibility index (Phi) is 20.3. The van der Waals surface area contributed by atoms with Gasteiger partial charge in [0.05, 0.1) is 29.5 Å². The summed E-state index contributed by atoms with van der Waals surface area (Å²) in [4.78, 5) is 100. The van der Waals surface area contributed by atoms with Crippen molar-refractivity contribution in [1.29, 1.82) is 0 Å². The van der Waals surface area contributed by atoms with Crippen LogP contribution >= 0.6 is 38.6 Å². The van der Waals surface area contributed by atoms with Gasteiger partial charge in [-0.2, -0.15) is 26.3 Å². The fraction of sp³-hybridized carbons (Fsp3) is 0.333. The number of fused-ring (bicyclic) bond motifs is 2. The number of rotatable bonds is 13. The number of likely N-dealkylation sites (tertiary alicyclic amines) is 2. The highest BCUT2D eigenvalue weighted by molar-refractivity contribution is 9.08. The van der Waals surface area contributed by atoms with Gasteiger partial charge in [-0.1, -0.05) is 112 Å². The Morgan fingerprint density at radius 3 is 1.47 bits per heavy atom. The number of piperazine rings is 2. The first-order valence-electron chi connectivity index (χ1n) is 31.8. The summed E-state index contributed by atoms with van der Waals surface area (Å²) in [7, 11) is 0. The molecule has 0 spiro atoms. The molecule has 4 fully saturated rings. The predicted molar refractivity (Wildman–Crippen MR) is 362 cm³/mol. The molecule has 1 N–H and O–H groups in total. The number of halogens is 7. The topological polar surface area (TPSA) is 163 Å². The molecule has 0 aliphatic carbocycles. The van der Waals surface area contributed by atoms with Crippen molar-refractivity contribution in [2.45, 2.75) is 74.8 Å². The lowest BCUT2D eigenvalue weighted by Crippen LogP contribution is -2.64. The molecule has 8 heterocycles. The quantitative estimate of drug-likeness (QED) is 0.0868. The molecule has 0 atom stereocenters. The highest BCUT2D eigenvalue weighted by atomic mass is 79.9. The normalized spacial score (nSPS) is 17.3. The smallest absolute Gasteiger partial charge is 0.335 e. The second-order valence-corrected chi connectivity index (χ2v) is 27.6. The van der Waals surface area contributed by atoms with Gasteiger partial charge in [0.1, 0.15) is 0 Å². The molecule has 6 aromatic carbocycles. The van der Waals surface area contributed by atoms with Crippen molar-refractivity contribution in [2.75, 3.05) is 88.8 Å². The number of nitrogens with zero attached hydrogens (tertiary/aromatic N) is 9. The number of benzene rings is 6. The summed E-state index contributed by atoms with van der Waals surface area (Å²) in [6, 6.07) is 35.9. The van der Waals surface area contributed by atoms with Crippen molar-refractivity contribution in [1.82, 2.24) is 39.4 Å². The van der Waals surface area contributed by atoms with Crippen molar-refractivity contribution in [2.24, 2.45) is 0 Å². The van der Waals surface area contributed by atoms with E-state index in [0.717, 1.165) is 65.1 Å². The first-order chi connectivity index (χ1) is 46.5. The molecule has 97 heavy (non-hydrogen) atoms. The van der Waals surface area contributed by atoms with Crippen LogP contribution in [0, 0.1) is 13.8 Å². The molecule has 504 valence electrons. The van der Waals surface area contributed by atoms with Crippen molar-refractivity contribution in [3.63, 3.8) is 0 Å². The number of aromatic nitrogens is 2. The first kappa shape index (κ1) is 68.3. The molecule has 14 rings (SSSR count). The van der Waals surface area contributed by atoms with E-state index in [1.165, 1.54) is 63.0 Å². The standard InChI is InChI=1S/C44H39F6N5O3S.C20H21N5O3S.C8H9Br/c1-28-5-2-8-31(19-28)25-55-37-12-11-32(39(56)54-26-35(27-54)52-14-16-53(17-15-52)40(57)38-51-13-18-59-38)22-36(37)42(41(55)58,23-29-6-3-9-33(20-29)43(45,46)47)24-30-7-4-10-34(21-30)44(48,49)50;26-17-10-14-9-13(1-2-16(14)22-17)19(27)25-11-15(12-25)23-4-6-24(7-5-23)20(28)18-21-3-8-29-18;1-7-3-2-4-8(5-7)6-9/h2-13,18-22,35H,14-17,23-27H2,1H3;1-3,8-9,15H,4-7,10-12H2,(H,22,26);2-5H,6H2,1H3. The molecule has 8 aromatic rings. The number of anilines is 2. The van der Waals surface area contributed by atoms with Gasteiger partial charge in [0.25, 0.3) is 23.6 Å². The molecule has 16 nitrogen and oxygen atoms in total. The van der Waals surface area contributed by atoms with E-state index in [-0.39, 0.29) is 71.7 Å². The van der Waals surface area contributed by atoms with Gasteiger partial charge in [0, 0.05) is 142 Å². The van der Waals surface area contributed by atoms with E-state index in [0.29, 0.717) is 105 Å². The van der Waals surface area contributed by atoms with Crippen LogP contribution in [0.4, 0.5) is 37.7 Å². The van der Waals surface area contributed by atoms with Gasteiger partial charge in [0.2, 0.25) is 11.8 Å². The Labute approximate surface area is 573 Å².